The van der Waals surface area contributed by atoms with Crippen LogP contribution >= 0.6 is 0 Å². The van der Waals surface area contributed by atoms with Gasteiger partial charge in [0.15, 0.2) is 0 Å². The third-order valence-corrected chi connectivity index (χ3v) is 3.14. The van der Waals surface area contributed by atoms with E-state index in [0.29, 0.717) is 5.56 Å². The Hall–Kier alpha value is -3.26. The molecule has 0 saturated carbocycles. The van der Waals surface area contributed by atoms with Crippen LogP contribution in [0.2, 0.25) is 0 Å². The number of benzene rings is 2. The fourth-order valence-corrected chi connectivity index (χ4v) is 1.88. The van der Waals surface area contributed by atoms with Crippen molar-refractivity contribution < 1.29 is 14.3 Å². The van der Waals surface area contributed by atoms with Gasteiger partial charge >= 0.3 is 0 Å². The zero-order valence-electron chi connectivity index (χ0n) is 13.3. The van der Waals surface area contributed by atoms with E-state index in [-0.39, 0.29) is 24.9 Å². The highest BCUT2D eigenvalue weighted by Crippen LogP contribution is 2.09. The summed E-state index contributed by atoms with van der Waals surface area (Å²) in [6.45, 7) is 0.129. The van der Waals surface area contributed by atoms with Gasteiger partial charge in [-0.15, -0.1) is 0 Å². The molecule has 0 fully saturated rings. The largest absolute Gasteiger partial charge is 0.497 e. The third kappa shape index (κ3) is 5.50. The molecule has 24 heavy (non-hydrogen) atoms. The molecule has 0 aliphatic carbocycles. The number of hydrogen-bond acceptors (Lipinski definition) is 3. The van der Waals surface area contributed by atoms with Crippen LogP contribution in [0.1, 0.15) is 15.9 Å². The van der Waals surface area contributed by atoms with Crippen molar-refractivity contribution in [2.45, 2.75) is 0 Å². The number of hydrogen-bond donors (Lipinski definition) is 2. The Balaban J connectivity index is 1.72. The number of methoxy groups -OCH3 is 1. The number of nitrogens with one attached hydrogen (secondary N) is 2. The molecule has 5 nitrogen and oxygen atoms in total. The monoisotopic (exact) mass is 322 g/mol. The van der Waals surface area contributed by atoms with Crippen molar-refractivity contribution in [3.05, 3.63) is 65.7 Å². The van der Waals surface area contributed by atoms with Crippen LogP contribution in [0.25, 0.3) is 0 Å². The van der Waals surface area contributed by atoms with Gasteiger partial charge in [-0.3, -0.25) is 9.59 Å². The molecule has 0 aliphatic rings. The Morgan fingerprint density at radius 3 is 2.38 bits per heavy atom. The normalized spacial score (nSPS) is 9.38. The van der Waals surface area contributed by atoms with E-state index < -0.39 is 0 Å². The van der Waals surface area contributed by atoms with Crippen molar-refractivity contribution >= 4 is 11.8 Å². The summed E-state index contributed by atoms with van der Waals surface area (Å²) in [7, 11) is 1.60. The van der Waals surface area contributed by atoms with Crippen LogP contribution in [0.15, 0.2) is 54.6 Å². The lowest BCUT2D eigenvalue weighted by Gasteiger charge is -2.04. The van der Waals surface area contributed by atoms with Crippen molar-refractivity contribution in [1.82, 2.24) is 10.6 Å². The van der Waals surface area contributed by atoms with E-state index in [1.807, 2.05) is 30.3 Å². The Labute approximate surface area is 141 Å². The number of carbonyl (C=O) groups excluding carboxylic acids is 2. The van der Waals surface area contributed by atoms with Gasteiger partial charge in [0.1, 0.15) is 5.75 Å². The Kier molecular flexibility index (Phi) is 6.42. The van der Waals surface area contributed by atoms with Crippen LogP contribution in [0, 0.1) is 11.8 Å². The second-order valence-corrected chi connectivity index (χ2v) is 4.86. The molecule has 0 aromatic heterocycles. The lowest BCUT2D eigenvalue weighted by molar-refractivity contribution is -0.119. The molecule has 0 bridgehead atoms. The van der Waals surface area contributed by atoms with Crippen molar-refractivity contribution in [3.63, 3.8) is 0 Å². The maximum absolute atomic E-state index is 11.8. The first kappa shape index (κ1) is 17.1. The SMILES string of the molecule is COc1ccc(C#CCNC(=O)CNC(=O)c2ccccc2)cc1. The average molecular weight is 322 g/mol. The molecule has 2 aromatic carbocycles. The van der Waals surface area contributed by atoms with Crippen molar-refractivity contribution in [2.24, 2.45) is 0 Å². The lowest BCUT2D eigenvalue weighted by Crippen LogP contribution is -2.37. The molecule has 2 aromatic rings. The predicted molar refractivity (Wildman–Crippen MR) is 91.7 cm³/mol. The van der Waals surface area contributed by atoms with Gasteiger partial charge in [-0.05, 0) is 36.4 Å². The number of rotatable bonds is 5. The summed E-state index contributed by atoms with van der Waals surface area (Å²) in [6.07, 6.45) is 0. The molecule has 2 amide bonds. The number of carbonyl (C=O) groups is 2. The molecule has 122 valence electrons. The minimum absolute atomic E-state index is 0.0854. The first-order valence-corrected chi connectivity index (χ1v) is 7.42. The highest BCUT2D eigenvalue weighted by Gasteiger charge is 2.06. The molecule has 2 N–H and O–H groups in total. The van der Waals surface area contributed by atoms with E-state index in [2.05, 4.69) is 22.5 Å². The minimum atomic E-state index is -0.289. The zero-order valence-corrected chi connectivity index (χ0v) is 13.3. The van der Waals surface area contributed by atoms with Crippen LogP contribution in [-0.4, -0.2) is 32.0 Å². The van der Waals surface area contributed by atoms with E-state index in [1.165, 1.54) is 0 Å². The van der Waals surface area contributed by atoms with Crippen molar-refractivity contribution in [2.75, 3.05) is 20.2 Å². The highest BCUT2D eigenvalue weighted by molar-refractivity contribution is 5.96. The van der Waals surface area contributed by atoms with Gasteiger partial charge in [0, 0.05) is 11.1 Å². The smallest absolute Gasteiger partial charge is 0.251 e. The summed E-state index contributed by atoms with van der Waals surface area (Å²) in [5.41, 5.74) is 1.35. The van der Waals surface area contributed by atoms with Crippen LogP contribution < -0.4 is 15.4 Å². The Bertz CT molecular complexity index is 744. The number of ether oxygens (including phenoxy) is 1. The van der Waals surface area contributed by atoms with E-state index >= 15 is 0 Å². The quantitative estimate of drug-likeness (QED) is 0.822. The van der Waals surface area contributed by atoms with E-state index in [1.54, 1.807) is 31.4 Å². The summed E-state index contributed by atoms with van der Waals surface area (Å²) in [5.74, 6) is 5.98. The van der Waals surface area contributed by atoms with E-state index in [0.717, 1.165) is 11.3 Å². The Morgan fingerprint density at radius 1 is 1.00 bits per heavy atom. The van der Waals surface area contributed by atoms with Gasteiger partial charge in [-0.1, -0.05) is 30.0 Å². The Morgan fingerprint density at radius 2 is 1.71 bits per heavy atom. The first-order valence-electron chi connectivity index (χ1n) is 7.42. The standard InChI is InChI=1S/C19H18N2O3/c1-24-17-11-9-15(10-12-17)6-5-13-20-18(22)14-21-19(23)16-7-3-2-4-8-16/h2-4,7-12H,13-14H2,1H3,(H,20,22)(H,21,23). The van der Waals surface area contributed by atoms with Crippen LogP contribution in [0.3, 0.4) is 0 Å². The summed E-state index contributed by atoms with van der Waals surface area (Å²) in [5, 5.41) is 5.19. The van der Waals surface area contributed by atoms with Crippen LogP contribution in [0.4, 0.5) is 0 Å². The zero-order chi connectivity index (χ0) is 17.2. The molecule has 5 heteroatoms. The molecule has 0 radical (unpaired) electrons. The fraction of sp³-hybridized carbons (Fsp3) is 0.158. The van der Waals surface area contributed by atoms with Gasteiger partial charge in [0.25, 0.3) is 5.91 Å². The van der Waals surface area contributed by atoms with E-state index in [4.69, 9.17) is 4.74 Å². The molecule has 0 unspecified atom stereocenters. The van der Waals surface area contributed by atoms with Crippen molar-refractivity contribution in [3.8, 4) is 17.6 Å². The van der Waals surface area contributed by atoms with Gasteiger partial charge in [-0.2, -0.15) is 0 Å². The van der Waals surface area contributed by atoms with E-state index in [9.17, 15) is 9.59 Å². The molecular formula is C19H18N2O3. The molecule has 0 atom stereocenters. The van der Waals surface area contributed by atoms with Gasteiger partial charge < -0.3 is 15.4 Å². The molecule has 2 rings (SSSR count). The topological polar surface area (TPSA) is 67.4 Å². The van der Waals surface area contributed by atoms with Gasteiger partial charge in [0.2, 0.25) is 5.91 Å². The molecule has 0 aliphatic heterocycles. The van der Waals surface area contributed by atoms with Crippen LogP contribution in [-0.2, 0) is 4.79 Å². The summed E-state index contributed by atoms with van der Waals surface area (Å²) in [4.78, 5) is 23.5. The molecular weight excluding hydrogens is 304 g/mol. The minimum Gasteiger partial charge on any atom is -0.497 e. The second-order valence-electron chi connectivity index (χ2n) is 4.86. The molecule has 0 spiro atoms. The van der Waals surface area contributed by atoms with Crippen LogP contribution in [0.5, 0.6) is 5.75 Å². The maximum atomic E-state index is 11.8. The lowest BCUT2D eigenvalue weighted by atomic mass is 10.2. The molecule has 0 heterocycles. The second kappa shape index (κ2) is 9.01. The summed E-state index contributed by atoms with van der Waals surface area (Å²) in [6, 6.07) is 16.1. The predicted octanol–water partition coefficient (Wildman–Crippen LogP) is 1.59. The van der Waals surface area contributed by atoms with Gasteiger partial charge in [-0.25, -0.2) is 0 Å². The number of amides is 2. The van der Waals surface area contributed by atoms with Crippen molar-refractivity contribution in [1.29, 1.82) is 0 Å². The summed E-state index contributed by atoms with van der Waals surface area (Å²) >= 11 is 0. The maximum Gasteiger partial charge on any atom is 0.251 e. The average Bonchev–Trinajstić information content (AvgIpc) is 2.64. The third-order valence-electron chi connectivity index (χ3n) is 3.14. The van der Waals surface area contributed by atoms with Gasteiger partial charge in [0.05, 0.1) is 20.2 Å². The molecule has 0 saturated heterocycles. The first-order chi connectivity index (χ1) is 11.7. The summed E-state index contributed by atoms with van der Waals surface area (Å²) < 4.78 is 5.06. The fourth-order valence-electron chi connectivity index (χ4n) is 1.88. The highest BCUT2D eigenvalue weighted by atomic mass is 16.5.